The number of likely N-dealkylation sites (tertiary alicyclic amines) is 1. The van der Waals surface area contributed by atoms with E-state index in [1.165, 1.54) is 5.56 Å². The van der Waals surface area contributed by atoms with Crippen molar-refractivity contribution in [3.8, 4) is 0 Å². The SMILES string of the molecule is CC(C)S(=O)(=O)NC1=CC=CC([C@@H]2CCN(Cc3cn(Cc4ccccc4)nn3)C[C@@H]2O)C1. The number of benzene rings is 1. The lowest BCUT2D eigenvalue weighted by atomic mass is 9.78. The number of rotatable bonds is 8. The van der Waals surface area contributed by atoms with Gasteiger partial charge >= 0.3 is 0 Å². The lowest BCUT2D eigenvalue weighted by molar-refractivity contribution is 0.00131. The second-order valence-electron chi connectivity index (χ2n) is 9.29. The molecule has 4 rings (SSSR count). The molecule has 1 aromatic heterocycles. The number of nitrogens with zero attached hydrogens (tertiary/aromatic N) is 4. The predicted octanol–water partition coefficient (Wildman–Crippen LogP) is 2.30. The van der Waals surface area contributed by atoms with E-state index in [1.807, 2.05) is 41.2 Å². The fraction of sp³-hybridized carbons (Fsp3) is 0.500. The maximum absolute atomic E-state index is 12.2. The van der Waals surface area contributed by atoms with Crippen LogP contribution >= 0.6 is 0 Å². The Morgan fingerprint density at radius 2 is 2.00 bits per heavy atom. The summed E-state index contributed by atoms with van der Waals surface area (Å²) >= 11 is 0. The highest BCUT2D eigenvalue weighted by Gasteiger charge is 2.34. The Morgan fingerprint density at radius 3 is 2.73 bits per heavy atom. The van der Waals surface area contributed by atoms with E-state index in [0.29, 0.717) is 31.8 Å². The summed E-state index contributed by atoms with van der Waals surface area (Å²) in [6.45, 7) is 6.09. The molecule has 2 aromatic rings. The molecule has 0 bridgehead atoms. The van der Waals surface area contributed by atoms with Crippen molar-refractivity contribution in [1.82, 2.24) is 24.6 Å². The van der Waals surface area contributed by atoms with Crippen molar-refractivity contribution in [3.05, 3.63) is 71.7 Å². The largest absolute Gasteiger partial charge is 0.391 e. The molecule has 0 amide bonds. The average Bonchev–Trinajstić information content (AvgIpc) is 3.21. The van der Waals surface area contributed by atoms with Crippen LogP contribution in [-0.2, 0) is 23.1 Å². The van der Waals surface area contributed by atoms with Crippen LogP contribution in [0.15, 0.2) is 60.5 Å². The Balaban J connectivity index is 1.30. The molecule has 2 heterocycles. The fourth-order valence-electron chi connectivity index (χ4n) is 4.52. The zero-order valence-corrected chi connectivity index (χ0v) is 20.0. The molecule has 9 heteroatoms. The van der Waals surface area contributed by atoms with Gasteiger partial charge in [-0.15, -0.1) is 5.10 Å². The van der Waals surface area contributed by atoms with Crippen molar-refractivity contribution in [3.63, 3.8) is 0 Å². The minimum absolute atomic E-state index is 0.0958. The second kappa shape index (κ2) is 10.2. The van der Waals surface area contributed by atoms with E-state index in [-0.39, 0.29) is 11.8 Å². The molecule has 1 saturated heterocycles. The Hall–Kier alpha value is -2.49. The van der Waals surface area contributed by atoms with Crippen molar-refractivity contribution in [2.45, 2.75) is 51.1 Å². The van der Waals surface area contributed by atoms with Gasteiger partial charge in [-0.25, -0.2) is 13.1 Å². The van der Waals surface area contributed by atoms with Crippen LogP contribution in [0.25, 0.3) is 0 Å². The molecule has 3 atom stereocenters. The quantitative estimate of drug-likeness (QED) is 0.613. The van der Waals surface area contributed by atoms with Crippen molar-refractivity contribution >= 4 is 10.0 Å². The Kier molecular flexibility index (Phi) is 7.31. The Labute approximate surface area is 196 Å². The van der Waals surface area contributed by atoms with Gasteiger partial charge in [-0.1, -0.05) is 47.7 Å². The number of aliphatic hydroxyl groups excluding tert-OH is 1. The van der Waals surface area contributed by atoms with Crippen LogP contribution < -0.4 is 4.72 Å². The molecule has 33 heavy (non-hydrogen) atoms. The standard InChI is InChI=1S/C24H33N5O3S/c1-18(2)33(31,32)26-21-10-6-9-20(13-21)23-11-12-28(17-24(23)30)15-22-16-29(27-25-22)14-19-7-4-3-5-8-19/h3-10,16,18,20,23-24,26,30H,11-15,17H2,1-2H3/t20?,23-,24-/m0/s1. The molecule has 0 saturated carbocycles. The van der Waals surface area contributed by atoms with Crippen LogP contribution in [0, 0.1) is 11.8 Å². The zero-order valence-electron chi connectivity index (χ0n) is 19.2. The van der Waals surface area contributed by atoms with Gasteiger partial charge in [0.25, 0.3) is 0 Å². The van der Waals surface area contributed by atoms with Gasteiger partial charge in [0.2, 0.25) is 10.0 Å². The first-order valence-electron chi connectivity index (χ1n) is 11.5. The number of sulfonamides is 1. The van der Waals surface area contributed by atoms with E-state index >= 15 is 0 Å². The van der Waals surface area contributed by atoms with E-state index in [4.69, 9.17) is 0 Å². The molecule has 0 spiro atoms. The number of hydrogen-bond acceptors (Lipinski definition) is 6. The van der Waals surface area contributed by atoms with Gasteiger partial charge in [0, 0.05) is 18.8 Å². The summed E-state index contributed by atoms with van der Waals surface area (Å²) in [5, 5.41) is 19.0. The highest BCUT2D eigenvalue weighted by atomic mass is 32.2. The normalized spacial score (nSPS) is 24.1. The molecule has 1 aliphatic carbocycles. The summed E-state index contributed by atoms with van der Waals surface area (Å²) < 4.78 is 29.0. The number of hydrogen-bond donors (Lipinski definition) is 2. The predicted molar refractivity (Wildman–Crippen MR) is 127 cm³/mol. The lowest BCUT2D eigenvalue weighted by Crippen LogP contribution is -2.46. The first-order chi connectivity index (χ1) is 15.8. The number of nitrogens with one attached hydrogen (secondary N) is 1. The third kappa shape index (κ3) is 6.10. The molecular formula is C24H33N5O3S. The average molecular weight is 472 g/mol. The summed E-state index contributed by atoms with van der Waals surface area (Å²) in [6.07, 6.45) is 8.73. The molecule has 1 unspecified atom stereocenters. The molecule has 1 aromatic carbocycles. The maximum atomic E-state index is 12.2. The fourth-order valence-corrected chi connectivity index (χ4v) is 5.27. The zero-order chi connectivity index (χ0) is 23.4. The number of aromatic nitrogens is 3. The minimum atomic E-state index is -3.36. The Morgan fingerprint density at radius 1 is 1.21 bits per heavy atom. The van der Waals surface area contributed by atoms with Crippen LogP contribution in [-0.4, -0.2) is 57.9 Å². The summed E-state index contributed by atoms with van der Waals surface area (Å²) in [5.41, 5.74) is 2.76. The van der Waals surface area contributed by atoms with Gasteiger partial charge in [-0.05, 0) is 56.7 Å². The molecule has 0 radical (unpaired) electrons. The van der Waals surface area contributed by atoms with E-state index in [1.54, 1.807) is 13.8 Å². The van der Waals surface area contributed by atoms with Gasteiger partial charge in [-0.3, -0.25) is 9.62 Å². The third-order valence-corrected chi connectivity index (χ3v) is 8.22. The minimum Gasteiger partial charge on any atom is -0.391 e. The van der Waals surface area contributed by atoms with Crippen LogP contribution in [0.4, 0.5) is 0 Å². The van der Waals surface area contributed by atoms with Crippen molar-refractivity contribution in [2.75, 3.05) is 13.1 Å². The third-order valence-electron chi connectivity index (χ3n) is 6.43. The molecule has 8 nitrogen and oxygen atoms in total. The van der Waals surface area contributed by atoms with Gasteiger partial charge < -0.3 is 5.11 Å². The summed E-state index contributed by atoms with van der Waals surface area (Å²) in [6, 6.07) is 10.2. The summed E-state index contributed by atoms with van der Waals surface area (Å²) in [5.74, 6) is 0.210. The maximum Gasteiger partial charge on any atom is 0.234 e. The van der Waals surface area contributed by atoms with E-state index < -0.39 is 21.4 Å². The molecular weight excluding hydrogens is 438 g/mol. The highest BCUT2D eigenvalue weighted by molar-refractivity contribution is 7.90. The number of aliphatic hydroxyl groups is 1. The van der Waals surface area contributed by atoms with Crippen molar-refractivity contribution < 1.29 is 13.5 Å². The molecule has 2 aliphatic rings. The molecule has 1 fully saturated rings. The molecule has 1 aliphatic heterocycles. The van der Waals surface area contributed by atoms with E-state index in [0.717, 1.165) is 18.7 Å². The second-order valence-corrected chi connectivity index (χ2v) is 11.5. The van der Waals surface area contributed by atoms with Gasteiger partial charge in [0.15, 0.2) is 0 Å². The van der Waals surface area contributed by atoms with Crippen molar-refractivity contribution in [2.24, 2.45) is 11.8 Å². The van der Waals surface area contributed by atoms with Gasteiger partial charge in [0.1, 0.15) is 0 Å². The van der Waals surface area contributed by atoms with Crippen LogP contribution in [0.2, 0.25) is 0 Å². The van der Waals surface area contributed by atoms with Crippen LogP contribution in [0.5, 0.6) is 0 Å². The lowest BCUT2D eigenvalue weighted by Gasteiger charge is -2.39. The summed E-state index contributed by atoms with van der Waals surface area (Å²) in [4.78, 5) is 2.21. The van der Waals surface area contributed by atoms with E-state index in [9.17, 15) is 13.5 Å². The first-order valence-corrected chi connectivity index (χ1v) is 13.1. The van der Waals surface area contributed by atoms with Crippen LogP contribution in [0.3, 0.4) is 0 Å². The van der Waals surface area contributed by atoms with Gasteiger partial charge in [-0.2, -0.15) is 0 Å². The van der Waals surface area contributed by atoms with Crippen molar-refractivity contribution in [1.29, 1.82) is 0 Å². The molecule has 178 valence electrons. The topological polar surface area (TPSA) is 100 Å². The molecule has 2 N–H and O–H groups in total. The number of β-amino-alcohol motifs (C(OH)–C–C–N with tert-alkyl or cyclic N) is 1. The summed E-state index contributed by atoms with van der Waals surface area (Å²) in [7, 11) is -3.36. The van der Waals surface area contributed by atoms with Gasteiger partial charge in [0.05, 0.1) is 29.8 Å². The number of piperidine rings is 1. The van der Waals surface area contributed by atoms with Crippen LogP contribution in [0.1, 0.15) is 37.9 Å². The monoisotopic (exact) mass is 471 g/mol. The Bertz CT molecular complexity index is 1090. The highest BCUT2D eigenvalue weighted by Crippen LogP contribution is 2.33. The smallest absolute Gasteiger partial charge is 0.234 e. The number of allylic oxidation sites excluding steroid dienone is 4. The first kappa shape index (κ1) is 23.7. The van der Waals surface area contributed by atoms with E-state index in [2.05, 4.69) is 38.1 Å².